The highest BCUT2D eigenvalue weighted by atomic mass is 32.2. The predicted octanol–water partition coefficient (Wildman–Crippen LogP) is 3.43. The molecule has 1 heterocycles. The Labute approximate surface area is 132 Å². The number of aromatic nitrogens is 1. The molecule has 1 unspecified atom stereocenters. The average Bonchev–Trinajstić information content (AvgIpc) is 2.84. The smallest absolute Gasteiger partial charge is 0.325 e. The molecule has 1 aromatic carbocycles. The molecule has 0 bridgehead atoms. The van der Waals surface area contributed by atoms with E-state index in [9.17, 15) is 9.90 Å². The van der Waals surface area contributed by atoms with E-state index in [-0.39, 0.29) is 0 Å². The van der Waals surface area contributed by atoms with Crippen LogP contribution in [0.1, 0.15) is 22.3 Å². The Morgan fingerprint density at radius 3 is 2.86 bits per heavy atom. The van der Waals surface area contributed by atoms with E-state index in [0.717, 1.165) is 21.2 Å². The van der Waals surface area contributed by atoms with Crippen molar-refractivity contribution in [1.29, 1.82) is 0 Å². The molecule has 0 amide bonds. The third-order valence-electron chi connectivity index (χ3n) is 3.16. The number of likely N-dealkylation sites (N-methyl/N-ethyl adjacent to an activating group) is 1. The fourth-order valence-electron chi connectivity index (χ4n) is 2.22. The van der Waals surface area contributed by atoms with Crippen LogP contribution in [0.4, 0.5) is 0 Å². The summed E-state index contributed by atoms with van der Waals surface area (Å²) >= 11 is 3.19. The number of aryl methyl sites for hydroxylation is 1. The molecular formula is C15H18N2O2S2. The SMILES string of the molecule is CSc1cccc(C(C(=O)O)N(C)Cc2csc(C)n2)c1. The first kappa shape index (κ1) is 16.0. The van der Waals surface area contributed by atoms with Gasteiger partial charge in [0.1, 0.15) is 6.04 Å². The molecule has 0 saturated carbocycles. The first-order chi connectivity index (χ1) is 10.0. The van der Waals surface area contributed by atoms with E-state index >= 15 is 0 Å². The maximum Gasteiger partial charge on any atom is 0.325 e. The van der Waals surface area contributed by atoms with Crippen LogP contribution >= 0.6 is 23.1 Å². The topological polar surface area (TPSA) is 53.4 Å². The quantitative estimate of drug-likeness (QED) is 0.826. The fraction of sp³-hybridized carbons (Fsp3) is 0.333. The van der Waals surface area contributed by atoms with E-state index in [2.05, 4.69) is 4.98 Å². The zero-order chi connectivity index (χ0) is 15.4. The fourth-order valence-corrected chi connectivity index (χ4v) is 3.30. The number of benzene rings is 1. The molecule has 0 aliphatic rings. The Kier molecular flexibility index (Phi) is 5.39. The van der Waals surface area contributed by atoms with Gasteiger partial charge in [0, 0.05) is 16.8 Å². The highest BCUT2D eigenvalue weighted by molar-refractivity contribution is 7.98. The van der Waals surface area contributed by atoms with Crippen LogP contribution in [0.15, 0.2) is 34.5 Å². The molecule has 0 fully saturated rings. The van der Waals surface area contributed by atoms with Gasteiger partial charge in [0.15, 0.2) is 0 Å². The van der Waals surface area contributed by atoms with Crippen LogP contribution < -0.4 is 0 Å². The number of carboxylic acid groups (broad SMARTS) is 1. The average molecular weight is 322 g/mol. The number of carbonyl (C=O) groups is 1. The molecule has 1 aromatic heterocycles. The minimum atomic E-state index is -0.845. The first-order valence-electron chi connectivity index (χ1n) is 6.49. The van der Waals surface area contributed by atoms with Crippen LogP contribution in [0.2, 0.25) is 0 Å². The Hall–Kier alpha value is -1.37. The summed E-state index contributed by atoms with van der Waals surface area (Å²) in [5.74, 6) is -0.845. The zero-order valence-corrected chi connectivity index (χ0v) is 13.9. The largest absolute Gasteiger partial charge is 0.480 e. The summed E-state index contributed by atoms with van der Waals surface area (Å²) < 4.78 is 0. The predicted molar refractivity (Wildman–Crippen MR) is 86.9 cm³/mol. The molecule has 0 saturated heterocycles. The standard InChI is InChI=1S/C15H18N2O2S2/c1-10-16-12(9-21-10)8-17(2)14(15(18)19)11-5-4-6-13(7-11)20-3/h4-7,9,14H,8H2,1-3H3,(H,18,19). The second kappa shape index (κ2) is 7.06. The van der Waals surface area contributed by atoms with Crippen LogP contribution in [0.25, 0.3) is 0 Å². The van der Waals surface area contributed by atoms with Gasteiger partial charge in [-0.05, 0) is 37.9 Å². The summed E-state index contributed by atoms with van der Waals surface area (Å²) in [4.78, 5) is 19.0. The number of hydrogen-bond acceptors (Lipinski definition) is 5. The lowest BCUT2D eigenvalue weighted by Crippen LogP contribution is -2.30. The highest BCUT2D eigenvalue weighted by Crippen LogP contribution is 2.25. The second-order valence-corrected chi connectivity index (χ2v) is 6.73. The van der Waals surface area contributed by atoms with Gasteiger partial charge in [0.2, 0.25) is 0 Å². The lowest BCUT2D eigenvalue weighted by atomic mass is 10.1. The molecule has 21 heavy (non-hydrogen) atoms. The maximum atomic E-state index is 11.7. The highest BCUT2D eigenvalue weighted by Gasteiger charge is 2.25. The van der Waals surface area contributed by atoms with Crippen molar-refractivity contribution in [1.82, 2.24) is 9.88 Å². The molecule has 112 valence electrons. The number of carboxylic acids is 1. The van der Waals surface area contributed by atoms with Crippen molar-refractivity contribution in [2.45, 2.75) is 24.4 Å². The summed E-state index contributed by atoms with van der Waals surface area (Å²) in [6, 6.07) is 7.02. The van der Waals surface area contributed by atoms with Gasteiger partial charge in [0.05, 0.1) is 10.7 Å². The van der Waals surface area contributed by atoms with Crippen molar-refractivity contribution >= 4 is 29.1 Å². The van der Waals surface area contributed by atoms with Gasteiger partial charge >= 0.3 is 5.97 Å². The number of rotatable bonds is 6. The van der Waals surface area contributed by atoms with E-state index < -0.39 is 12.0 Å². The van der Waals surface area contributed by atoms with Gasteiger partial charge in [-0.3, -0.25) is 9.69 Å². The number of thiazole rings is 1. The number of nitrogens with zero attached hydrogens (tertiary/aromatic N) is 2. The molecule has 4 nitrogen and oxygen atoms in total. The van der Waals surface area contributed by atoms with Gasteiger partial charge in [-0.1, -0.05) is 12.1 Å². The Morgan fingerprint density at radius 1 is 1.52 bits per heavy atom. The maximum absolute atomic E-state index is 11.7. The molecule has 0 spiro atoms. The van der Waals surface area contributed by atoms with Crippen LogP contribution in [0.3, 0.4) is 0 Å². The second-order valence-electron chi connectivity index (χ2n) is 4.79. The molecule has 0 aliphatic carbocycles. The number of aliphatic carboxylic acids is 1. The van der Waals surface area contributed by atoms with Crippen LogP contribution in [-0.2, 0) is 11.3 Å². The van der Waals surface area contributed by atoms with Gasteiger partial charge in [-0.15, -0.1) is 23.1 Å². The molecule has 2 aromatic rings. The van der Waals surface area contributed by atoms with E-state index in [1.165, 1.54) is 0 Å². The molecule has 1 N–H and O–H groups in total. The van der Waals surface area contributed by atoms with Gasteiger partial charge in [-0.2, -0.15) is 0 Å². The molecule has 6 heteroatoms. The van der Waals surface area contributed by atoms with Crippen molar-refractivity contribution in [3.63, 3.8) is 0 Å². The summed E-state index contributed by atoms with van der Waals surface area (Å²) in [7, 11) is 1.82. The van der Waals surface area contributed by atoms with Crippen molar-refractivity contribution in [3.8, 4) is 0 Å². The van der Waals surface area contributed by atoms with Crippen LogP contribution in [0, 0.1) is 6.92 Å². The summed E-state index contributed by atoms with van der Waals surface area (Å²) in [6.45, 7) is 2.47. The van der Waals surface area contributed by atoms with E-state index in [4.69, 9.17) is 0 Å². The molecular weight excluding hydrogens is 304 g/mol. The molecule has 0 aliphatic heterocycles. The Balaban J connectivity index is 2.23. The minimum absolute atomic E-state index is 0.519. The van der Waals surface area contributed by atoms with Gasteiger partial charge in [-0.25, -0.2) is 4.98 Å². The lowest BCUT2D eigenvalue weighted by molar-refractivity contribution is -0.143. The monoisotopic (exact) mass is 322 g/mol. The third kappa shape index (κ3) is 4.06. The summed E-state index contributed by atoms with van der Waals surface area (Å²) in [5.41, 5.74) is 1.70. The Bertz CT molecular complexity index is 628. The summed E-state index contributed by atoms with van der Waals surface area (Å²) in [6.07, 6.45) is 1.98. The Morgan fingerprint density at radius 2 is 2.29 bits per heavy atom. The van der Waals surface area contributed by atoms with Crippen molar-refractivity contribution < 1.29 is 9.90 Å². The van der Waals surface area contributed by atoms with Gasteiger partial charge < -0.3 is 5.11 Å². The van der Waals surface area contributed by atoms with Crippen LogP contribution in [-0.4, -0.2) is 34.3 Å². The lowest BCUT2D eigenvalue weighted by Gasteiger charge is -2.24. The van der Waals surface area contributed by atoms with Crippen molar-refractivity contribution in [2.75, 3.05) is 13.3 Å². The number of thioether (sulfide) groups is 1. The first-order valence-corrected chi connectivity index (χ1v) is 8.59. The van der Waals surface area contributed by atoms with E-state index in [1.807, 2.05) is 54.8 Å². The zero-order valence-electron chi connectivity index (χ0n) is 12.2. The van der Waals surface area contributed by atoms with Crippen LogP contribution in [0.5, 0.6) is 0 Å². The van der Waals surface area contributed by atoms with Gasteiger partial charge in [0.25, 0.3) is 0 Å². The van der Waals surface area contributed by atoms with E-state index in [1.54, 1.807) is 23.1 Å². The number of hydrogen-bond donors (Lipinski definition) is 1. The van der Waals surface area contributed by atoms with Crippen molar-refractivity contribution in [2.24, 2.45) is 0 Å². The third-order valence-corrected chi connectivity index (χ3v) is 4.71. The van der Waals surface area contributed by atoms with E-state index in [0.29, 0.717) is 6.54 Å². The van der Waals surface area contributed by atoms with Crippen molar-refractivity contribution in [3.05, 3.63) is 45.9 Å². The summed E-state index contributed by atoms with van der Waals surface area (Å²) in [5, 5.41) is 12.5. The minimum Gasteiger partial charge on any atom is -0.480 e. The normalized spacial score (nSPS) is 12.6. The molecule has 0 radical (unpaired) electrons. The molecule has 1 atom stereocenters. The molecule has 2 rings (SSSR count).